The highest BCUT2D eigenvalue weighted by atomic mass is 16.3. The minimum atomic E-state index is -0.774. The Balaban J connectivity index is 2.14. The molecule has 24 heavy (non-hydrogen) atoms. The second-order valence-corrected chi connectivity index (χ2v) is 6.82. The molecule has 0 saturated heterocycles. The Morgan fingerprint density at radius 1 is 1.04 bits per heavy atom. The number of aliphatic hydroxyl groups is 1. The highest BCUT2D eigenvalue weighted by molar-refractivity contribution is 5.88. The number of carbonyl (C=O) groups is 1. The van der Waals surface area contributed by atoms with Crippen molar-refractivity contribution in [2.24, 2.45) is 0 Å². The zero-order chi connectivity index (χ0) is 17.6. The fourth-order valence-electron chi connectivity index (χ4n) is 2.77. The van der Waals surface area contributed by atoms with E-state index in [-0.39, 0.29) is 5.91 Å². The number of amides is 1. The van der Waals surface area contributed by atoms with Gasteiger partial charge in [0.25, 0.3) is 0 Å². The molecular formula is C20H26N2O2. The molecule has 2 aromatic carbocycles. The molecule has 0 saturated carbocycles. The Kier molecular flexibility index (Phi) is 6.12. The summed E-state index contributed by atoms with van der Waals surface area (Å²) in [4.78, 5) is 13.4. The zero-order valence-electron chi connectivity index (χ0n) is 14.6. The highest BCUT2D eigenvalue weighted by Crippen LogP contribution is 2.17. The number of carbonyl (C=O) groups excluding carboxylic acids is 1. The standard InChI is InChI=1S/C20H26N2O2/c1-16(23)21-19-11-7-10-18(12-19)14-22(15-20(2,3)24)13-17-8-5-4-6-9-17/h4-12,24H,13-15H2,1-3H3,(H,21,23). The molecule has 2 aromatic rings. The molecule has 0 fully saturated rings. The van der Waals surface area contributed by atoms with Crippen molar-refractivity contribution in [2.45, 2.75) is 39.5 Å². The van der Waals surface area contributed by atoms with Gasteiger partial charge in [0.1, 0.15) is 0 Å². The van der Waals surface area contributed by atoms with E-state index < -0.39 is 5.60 Å². The molecule has 2 rings (SSSR count). The first-order chi connectivity index (χ1) is 11.3. The van der Waals surface area contributed by atoms with Gasteiger partial charge in [-0.1, -0.05) is 42.5 Å². The Bertz CT molecular complexity index is 663. The maximum absolute atomic E-state index is 11.2. The molecule has 0 spiro atoms. The van der Waals surface area contributed by atoms with Crippen LogP contribution >= 0.6 is 0 Å². The van der Waals surface area contributed by atoms with Crippen LogP contribution in [0.4, 0.5) is 5.69 Å². The van der Waals surface area contributed by atoms with Crippen LogP contribution in [0, 0.1) is 0 Å². The third-order valence-electron chi connectivity index (χ3n) is 3.51. The lowest BCUT2D eigenvalue weighted by molar-refractivity contribution is -0.114. The van der Waals surface area contributed by atoms with E-state index in [1.54, 1.807) is 0 Å². The molecule has 4 heteroatoms. The molecule has 0 radical (unpaired) electrons. The number of anilines is 1. The summed E-state index contributed by atoms with van der Waals surface area (Å²) in [5, 5.41) is 13.0. The summed E-state index contributed by atoms with van der Waals surface area (Å²) in [6.07, 6.45) is 0. The Labute approximate surface area is 144 Å². The molecule has 0 aliphatic rings. The lowest BCUT2D eigenvalue weighted by Gasteiger charge is -2.29. The van der Waals surface area contributed by atoms with E-state index in [9.17, 15) is 9.90 Å². The lowest BCUT2D eigenvalue weighted by atomic mass is 10.1. The summed E-state index contributed by atoms with van der Waals surface area (Å²) in [6.45, 7) is 7.16. The molecule has 0 heterocycles. The molecule has 1 amide bonds. The second-order valence-electron chi connectivity index (χ2n) is 6.82. The van der Waals surface area contributed by atoms with Crippen LogP contribution in [0.5, 0.6) is 0 Å². The van der Waals surface area contributed by atoms with Gasteiger partial charge in [-0.25, -0.2) is 0 Å². The van der Waals surface area contributed by atoms with E-state index >= 15 is 0 Å². The van der Waals surface area contributed by atoms with Gasteiger partial charge < -0.3 is 10.4 Å². The molecule has 0 aliphatic carbocycles. The minimum absolute atomic E-state index is 0.0789. The lowest BCUT2D eigenvalue weighted by Crippen LogP contribution is -2.37. The van der Waals surface area contributed by atoms with E-state index in [0.29, 0.717) is 13.1 Å². The maximum atomic E-state index is 11.2. The smallest absolute Gasteiger partial charge is 0.221 e. The maximum Gasteiger partial charge on any atom is 0.221 e. The van der Waals surface area contributed by atoms with Crippen molar-refractivity contribution in [3.05, 3.63) is 65.7 Å². The number of benzene rings is 2. The van der Waals surface area contributed by atoms with Crippen LogP contribution in [0.1, 0.15) is 31.9 Å². The molecule has 4 nitrogen and oxygen atoms in total. The highest BCUT2D eigenvalue weighted by Gasteiger charge is 2.19. The Morgan fingerprint density at radius 3 is 2.29 bits per heavy atom. The molecule has 0 aromatic heterocycles. The summed E-state index contributed by atoms with van der Waals surface area (Å²) >= 11 is 0. The van der Waals surface area contributed by atoms with Crippen molar-refractivity contribution in [2.75, 3.05) is 11.9 Å². The first-order valence-corrected chi connectivity index (χ1v) is 8.17. The molecule has 0 aliphatic heterocycles. The minimum Gasteiger partial charge on any atom is -0.389 e. The van der Waals surface area contributed by atoms with Crippen molar-refractivity contribution < 1.29 is 9.90 Å². The third-order valence-corrected chi connectivity index (χ3v) is 3.51. The van der Waals surface area contributed by atoms with Gasteiger partial charge in [-0.05, 0) is 37.1 Å². The number of nitrogens with one attached hydrogen (secondary N) is 1. The predicted octanol–water partition coefficient (Wildman–Crippen LogP) is 3.42. The van der Waals surface area contributed by atoms with Gasteiger partial charge in [-0.3, -0.25) is 9.69 Å². The van der Waals surface area contributed by atoms with E-state index in [2.05, 4.69) is 22.3 Å². The van der Waals surface area contributed by atoms with Crippen molar-refractivity contribution in [3.63, 3.8) is 0 Å². The average molecular weight is 326 g/mol. The normalized spacial score (nSPS) is 11.5. The van der Waals surface area contributed by atoms with Crippen LogP contribution in [0.25, 0.3) is 0 Å². The van der Waals surface area contributed by atoms with Gasteiger partial charge in [0.2, 0.25) is 5.91 Å². The summed E-state index contributed by atoms with van der Waals surface area (Å²) < 4.78 is 0. The second kappa shape index (κ2) is 8.08. The fourth-order valence-corrected chi connectivity index (χ4v) is 2.77. The van der Waals surface area contributed by atoms with Gasteiger partial charge in [0.15, 0.2) is 0 Å². The van der Waals surface area contributed by atoms with Crippen LogP contribution in [0.3, 0.4) is 0 Å². The van der Waals surface area contributed by atoms with Crippen LogP contribution in [-0.2, 0) is 17.9 Å². The van der Waals surface area contributed by atoms with Crippen LogP contribution in [0.15, 0.2) is 54.6 Å². The largest absolute Gasteiger partial charge is 0.389 e. The Morgan fingerprint density at radius 2 is 1.67 bits per heavy atom. The number of rotatable bonds is 7. The van der Waals surface area contributed by atoms with E-state index in [1.807, 2.05) is 56.3 Å². The molecule has 2 N–H and O–H groups in total. The third kappa shape index (κ3) is 6.52. The van der Waals surface area contributed by atoms with Crippen molar-refractivity contribution >= 4 is 11.6 Å². The molecule has 128 valence electrons. The number of nitrogens with zero attached hydrogens (tertiary/aromatic N) is 1. The summed E-state index contributed by atoms with van der Waals surface area (Å²) in [6, 6.07) is 18.0. The first-order valence-electron chi connectivity index (χ1n) is 8.17. The summed E-state index contributed by atoms with van der Waals surface area (Å²) in [5.74, 6) is -0.0789. The first kappa shape index (κ1) is 18.2. The van der Waals surface area contributed by atoms with Crippen molar-refractivity contribution in [3.8, 4) is 0 Å². The quantitative estimate of drug-likeness (QED) is 0.820. The number of hydrogen-bond acceptors (Lipinski definition) is 3. The molecular weight excluding hydrogens is 300 g/mol. The van der Waals surface area contributed by atoms with Crippen molar-refractivity contribution in [1.82, 2.24) is 4.90 Å². The van der Waals surface area contributed by atoms with Crippen LogP contribution in [-0.4, -0.2) is 28.1 Å². The van der Waals surface area contributed by atoms with Crippen LogP contribution < -0.4 is 5.32 Å². The summed E-state index contributed by atoms with van der Waals surface area (Å²) in [7, 11) is 0. The average Bonchev–Trinajstić information content (AvgIpc) is 2.46. The molecule has 0 bridgehead atoms. The fraction of sp³-hybridized carbons (Fsp3) is 0.350. The predicted molar refractivity (Wildman–Crippen MR) is 97.6 cm³/mol. The topological polar surface area (TPSA) is 52.6 Å². The van der Waals surface area contributed by atoms with Crippen molar-refractivity contribution in [1.29, 1.82) is 0 Å². The monoisotopic (exact) mass is 326 g/mol. The van der Waals surface area contributed by atoms with E-state index in [4.69, 9.17) is 0 Å². The Hall–Kier alpha value is -2.17. The van der Waals surface area contributed by atoms with Gasteiger partial charge in [0.05, 0.1) is 5.60 Å². The van der Waals surface area contributed by atoms with Gasteiger partial charge in [-0.15, -0.1) is 0 Å². The molecule has 0 unspecified atom stereocenters. The SMILES string of the molecule is CC(=O)Nc1cccc(CN(Cc2ccccc2)CC(C)(C)O)c1. The summed E-state index contributed by atoms with van der Waals surface area (Å²) in [5.41, 5.74) is 2.33. The number of hydrogen-bond donors (Lipinski definition) is 2. The zero-order valence-corrected chi connectivity index (χ0v) is 14.6. The molecule has 0 atom stereocenters. The van der Waals surface area contributed by atoms with E-state index in [0.717, 1.165) is 17.8 Å². The van der Waals surface area contributed by atoms with Gasteiger partial charge in [0, 0.05) is 32.2 Å². The van der Waals surface area contributed by atoms with Crippen LogP contribution in [0.2, 0.25) is 0 Å². The van der Waals surface area contributed by atoms with Gasteiger partial charge >= 0.3 is 0 Å². The van der Waals surface area contributed by atoms with E-state index in [1.165, 1.54) is 12.5 Å². The van der Waals surface area contributed by atoms with Gasteiger partial charge in [-0.2, -0.15) is 0 Å².